The average Bonchev–Trinajstić information content (AvgIpc) is 2.52. The lowest BCUT2D eigenvalue weighted by atomic mass is 10.2. The van der Waals surface area contributed by atoms with E-state index >= 15 is 0 Å². The summed E-state index contributed by atoms with van der Waals surface area (Å²) < 4.78 is 5.89. The summed E-state index contributed by atoms with van der Waals surface area (Å²) in [6.45, 7) is 3.72. The SMILES string of the molecule is CCCCCOc1ccccc1CNc1ccc(Cl)cc1. The molecule has 0 spiro atoms. The van der Waals surface area contributed by atoms with Gasteiger partial charge in [-0.05, 0) is 36.8 Å². The molecule has 2 rings (SSSR count). The molecule has 0 saturated carbocycles. The Morgan fingerprint density at radius 3 is 2.52 bits per heavy atom. The monoisotopic (exact) mass is 303 g/mol. The van der Waals surface area contributed by atoms with Crippen molar-refractivity contribution < 1.29 is 4.74 Å². The Bertz CT molecular complexity index is 539. The lowest BCUT2D eigenvalue weighted by Crippen LogP contribution is -2.04. The first-order valence-corrected chi connectivity index (χ1v) is 7.87. The fourth-order valence-corrected chi connectivity index (χ4v) is 2.22. The van der Waals surface area contributed by atoms with Crippen LogP contribution in [0.4, 0.5) is 5.69 Å². The molecule has 2 aromatic rings. The summed E-state index contributed by atoms with van der Waals surface area (Å²) in [7, 11) is 0. The van der Waals surface area contributed by atoms with Crippen LogP contribution in [-0.4, -0.2) is 6.61 Å². The number of nitrogens with one attached hydrogen (secondary N) is 1. The van der Waals surface area contributed by atoms with Crippen LogP contribution in [-0.2, 0) is 6.54 Å². The molecule has 0 amide bonds. The first kappa shape index (κ1) is 15.7. The fraction of sp³-hybridized carbons (Fsp3) is 0.333. The van der Waals surface area contributed by atoms with Gasteiger partial charge in [0.1, 0.15) is 5.75 Å². The van der Waals surface area contributed by atoms with Gasteiger partial charge in [-0.1, -0.05) is 49.6 Å². The molecule has 0 unspecified atom stereocenters. The van der Waals surface area contributed by atoms with Crippen LogP contribution in [0.1, 0.15) is 31.7 Å². The molecular formula is C18H22ClNO. The molecule has 2 aromatic carbocycles. The Morgan fingerprint density at radius 1 is 1.00 bits per heavy atom. The van der Waals surface area contributed by atoms with Crippen molar-refractivity contribution in [3.8, 4) is 5.75 Å². The van der Waals surface area contributed by atoms with E-state index in [9.17, 15) is 0 Å². The van der Waals surface area contributed by atoms with Gasteiger partial charge in [-0.25, -0.2) is 0 Å². The van der Waals surface area contributed by atoms with Crippen LogP contribution in [0, 0.1) is 0 Å². The molecule has 0 saturated heterocycles. The van der Waals surface area contributed by atoms with Crippen molar-refractivity contribution in [3.63, 3.8) is 0 Å². The van der Waals surface area contributed by atoms with Crippen molar-refractivity contribution in [3.05, 3.63) is 59.1 Å². The van der Waals surface area contributed by atoms with Crippen molar-refractivity contribution in [2.45, 2.75) is 32.7 Å². The number of hydrogen-bond donors (Lipinski definition) is 1. The van der Waals surface area contributed by atoms with Gasteiger partial charge in [0.25, 0.3) is 0 Å². The normalized spacial score (nSPS) is 10.4. The number of ether oxygens (including phenoxy) is 1. The maximum absolute atomic E-state index is 5.89. The predicted octanol–water partition coefficient (Wildman–Crippen LogP) is 5.52. The lowest BCUT2D eigenvalue weighted by molar-refractivity contribution is 0.303. The highest BCUT2D eigenvalue weighted by Crippen LogP contribution is 2.20. The van der Waals surface area contributed by atoms with Gasteiger partial charge in [0.15, 0.2) is 0 Å². The second-order valence-electron chi connectivity index (χ2n) is 5.02. The van der Waals surface area contributed by atoms with Gasteiger partial charge in [0.05, 0.1) is 6.61 Å². The highest BCUT2D eigenvalue weighted by atomic mass is 35.5. The third-order valence-electron chi connectivity index (χ3n) is 3.31. The van der Waals surface area contributed by atoms with Crippen molar-refractivity contribution in [2.75, 3.05) is 11.9 Å². The topological polar surface area (TPSA) is 21.3 Å². The molecule has 112 valence electrons. The Hall–Kier alpha value is -1.67. The molecule has 0 aliphatic rings. The van der Waals surface area contributed by atoms with E-state index in [2.05, 4.69) is 18.3 Å². The molecule has 0 fully saturated rings. The molecule has 21 heavy (non-hydrogen) atoms. The number of unbranched alkanes of at least 4 members (excludes halogenated alkanes) is 2. The van der Waals surface area contributed by atoms with Gasteiger partial charge in [-0.15, -0.1) is 0 Å². The van der Waals surface area contributed by atoms with Crippen molar-refractivity contribution in [1.82, 2.24) is 0 Å². The first-order chi connectivity index (χ1) is 10.3. The van der Waals surface area contributed by atoms with Gasteiger partial charge in [0.2, 0.25) is 0 Å². The third kappa shape index (κ3) is 5.31. The Kier molecular flexibility index (Phi) is 6.42. The van der Waals surface area contributed by atoms with E-state index in [1.807, 2.05) is 42.5 Å². The number of rotatable bonds is 8. The summed E-state index contributed by atoms with van der Waals surface area (Å²) in [6, 6.07) is 15.9. The van der Waals surface area contributed by atoms with Crippen molar-refractivity contribution in [1.29, 1.82) is 0 Å². The van der Waals surface area contributed by atoms with Gasteiger partial charge < -0.3 is 10.1 Å². The van der Waals surface area contributed by atoms with Crippen LogP contribution in [0.25, 0.3) is 0 Å². The van der Waals surface area contributed by atoms with Crippen LogP contribution in [0.2, 0.25) is 5.02 Å². The molecule has 0 aliphatic carbocycles. The second kappa shape index (κ2) is 8.58. The molecular weight excluding hydrogens is 282 g/mol. The van der Waals surface area contributed by atoms with Crippen molar-refractivity contribution in [2.24, 2.45) is 0 Å². The summed E-state index contributed by atoms with van der Waals surface area (Å²) in [4.78, 5) is 0. The largest absolute Gasteiger partial charge is 0.493 e. The second-order valence-corrected chi connectivity index (χ2v) is 5.46. The van der Waals surface area contributed by atoms with Gasteiger partial charge in [-0.2, -0.15) is 0 Å². The van der Waals surface area contributed by atoms with Crippen LogP contribution >= 0.6 is 11.6 Å². The Labute approximate surface area is 132 Å². The minimum atomic E-state index is 0.742. The minimum absolute atomic E-state index is 0.742. The summed E-state index contributed by atoms with van der Waals surface area (Å²) in [5.74, 6) is 0.968. The maximum Gasteiger partial charge on any atom is 0.124 e. The van der Waals surface area contributed by atoms with Crippen molar-refractivity contribution >= 4 is 17.3 Å². The molecule has 2 nitrogen and oxygen atoms in total. The van der Waals surface area contributed by atoms with Crippen LogP contribution in [0.3, 0.4) is 0 Å². The van der Waals surface area contributed by atoms with E-state index in [1.54, 1.807) is 0 Å². The molecule has 0 bridgehead atoms. The average molecular weight is 304 g/mol. The highest BCUT2D eigenvalue weighted by molar-refractivity contribution is 6.30. The molecule has 0 radical (unpaired) electrons. The number of anilines is 1. The number of halogens is 1. The molecule has 0 atom stereocenters. The summed E-state index contributed by atoms with van der Waals surface area (Å²) in [5, 5.41) is 4.14. The summed E-state index contributed by atoms with van der Waals surface area (Å²) in [6.07, 6.45) is 3.53. The van der Waals surface area contributed by atoms with Crippen LogP contribution in [0.5, 0.6) is 5.75 Å². The van der Waals surface area contributed by atoms with E-state index < -0.39 is 0 Å². The Morgan fingerprint density at radius 2 is 1.76 bits per heavy atom. The minimum Gasteiger partial charge on any atom is -0.493 e. The summed E-state index contributed by atoms with van der Waals surface area (Å²) in [5.41, 5.74) is 2.23. The van der Waals surface area contributed by atoms with E-state index in [1.165, 1.54) is 18.4 Å². The highest BCUT2D eigenvalue weighted by Gasteiger charge is 2.03. The maximum atomic E-state index is 5.89. The molecule has 0 aromatic heterocycles. The molecule has 0 heterocycles. The predicted molar refractivity (Wildman–Crippen MR) is 90.2 cm³/mol. The number of para-hydroxylation sites is 1. The van der Waals surface area contributed by atoms with E-state index in [-0.39, 0.29) is 0 Å². The lowest BCUT2D eigenvalue weighted by Gasteiger charge is -2.12. The third-order valence-corrected chi connectivity index (χ3v) is 3.56. The van der Waals surface area contributed by atoms with E-state index in [4.69, 9.17) is 16.3 Å². The number of hydrogen-bond acceptors (Lipinski definition) is 2. The standard InChI is InChI=1S/C18H22ClNO/c1-2-3-6-13-21-18-8-5-4-7-15(18)14-20-17-11-9-16(19)10-12-17/h4-5,7-12,20H,2-3,6,13-14H2,1H3. The quantitative estimate of drug-likeness (QED) is 0.648. The fourth-order valence-electron chi connectivity index (χ4n) is 2.09. The molecule has 0 aliphatic heterocycles. The number of benzene rings is 2. The molecule has 3 heteroatoms. The van der Waals surface area contributed by atoms with Crippen LogP contribution in [0.15, 0.2) is 48.5 Å². The van der Waals surface area contributed by atoms with E-state index in [0.29, 0.717) is 0 Å². The smallest absolute Gasteiger partial charge is 0.124 e. The van der Waals surface area contributed by atoms with E-state index in [0.717, 1.165) is 36.0 Å². The zero-order chi connectivity index (χ0) is 14.9. The van der Waals surface area contributed by atoms with Gasteiger partial charge in [-0.3, -0.25) is 0 Å². The molecule has 1 N–H and O–H groups in total. The Balaban J connectivity index is 1.91. The summed E-state index contributed by atoms with van der Waals surface area (Å²) >= 11 is 5.89. The first-order valence-electron chi connectivity index (χ1n) is 7.49. The zero-order valence-electron chi connectivity index (χ0n) is 12.4. The van der Waals surface area contributed by atoms with Gasteiger partial charge in [0, 0.05) is 22.8 Å². The van der Waals surface area contributed by atoms with Crippen LogP contribution < -0.4 is 10.1 Å². The zero-order valence-corrected chi connectivity index (χ0v) is 13.2. The van der Waals surface area contributed by atoms with Gasteiger partial charge >= 0.3 is 0 Å².